The Kier molecular flexibility index (Phi) is 7.28. The second-order valence-corrected chi connectivity index (χ2v) is 5.28. The highest BCUT2D eigenvalue weighted by Crippen LogP contribution is 2.08. The van der Waals surface area contributed by atoms with Gasteiger partial charge in [0.25, 0.3) is 0 Å². The molecule has 1 N–H and O–H groups in total. The summed E-state index contributed by atoms with van der Waals surface area (Å²) in [5.74, 6) is 0.899. The van der Waals surface area contributed by atoms with Gasteiger partial charge in [0.2, 0.25) is 5.91 Å². The van der Waals surface area contributed by atoms with Gasteiger partial charge in [0, 0.05) is 32.1 Å². The van der Waals surface area contributed by atoms with Gasteiger partial charge in [0.1, 0.15) is 0 Å². The lowest BCUT2D eigenvalue weighted by Crippen LogP contribution is -2.42. The van der Waals surface area contributed by atoms with Crippen molar-refractivity contribution < 1.29 is 9.53 Å². The van der Waals surface area contributed by atoms with E-state index >= 15 is 0 Å². The Balaban J connectivity index is 2.19. The molecule has 0 aromatic heterocycles. The first kappa shape index (κ1) is 15.4. The fourth-order valence-corrected chi connectivity index (χ4v) is 2.37. The molecule has 1 rings (SSSR count). The lowest BCUT2D eigenvalue weighted by molar-refractivity contribution is -0.125. The second-order valence-electron chi connectivity index (χ2n) is 5.28. The van der Waals surface area contributed by atoms with Gasteiger partial charge in [-0.15, -0.1) is 0 Å². The van der Waals surface area contributed by atoms with Gasteiger partial charge in [-0.25, -0.2) is 0 Å². The van der Waals surface area contributed by atoms with Gasteiger partial charge in [0.15, 0.2) is 0 Å². The van der Waals surface area contributed by atoms with Gasteiger partial charge in [-0.1, -0.05) is 20.8 Å². The number of hydrogen-bond donors (Lipinski definition) is 1. The molecule has 0 aliphatic carbocycles. The molecule has 0 saturated carbocycles. The minimum Gasteiger partial charge on any atom is -0.379 e. The molecule has 1 fully saturated rings. The van der Waals surface area contributed by atoms with E-state index in [1.165, 1.54) is 0 Å². The second kappa shape index (κ2) is 8.48. The van der Waals surface area contributed by atoms with Crippen LogP contribution in [0.15, 0.2) is 0 Å². The van der Waals surface area contributed by atoms with Crippen molar-refractivity contribution in [3.05, 3.63) is 0 Å². The summed E-state index contributed by atoms with van der Waals surface area (Å²) in [7, 11) is 0. The summed E-state index contributed by atoms with van der Waals surface area (Å²) >= 11 is 0. The molecule has 1 heterocycles. The number of amides is 1. The maximum absolute atomic E-state index is 11.9. The van der Waals surface area contributed by atoms with E-state index < -0.39 is 0 Å². The van der Waals surface area contributed by atoms with Crippen LogP contribution in [0.3, 0.4) is 0 Å². The van der Waals surface area contributed by atoms with E-state index in [4.69, 9.17) is 4.74 Å². The first-order valence-electron chi connectivity index (χ1n) is 7.25. The molecule has 0 bridgehead atoms. The summed E-state index contributed by atoms with van der Waals surface area (Å²) < 4.78 is 5.33. The van der Waals surface area contributed by atoms with Crippen LogP contribution in [-0.4, -0.2) is 50.2 Å². The smallest absolute Gasteiger partial charge is 0.223 e. The highest BCUT2D eigenvalue weighted by Gasteiger charge is 2.17. The van der Waals surface area contributed by atoms with Crippen molar-refractivity contribution in [2.75, 3.05) is 39.4 Å². The average Bonchev–Trinajstić information content (AvgIpc) is 2.39. The third-order valence-electron chi connectivity index (χ3n) is 3.65. The maximum atomic E-state index is 11.9. The molecule has 1 aliphatic rings. The highest BCUT2D eigenvalue weighted by atomic mass is 16.5. The number of carbonyl (C=O) groups is 1. The molecule has 1 saturated heterocycles. The molecule has 1 amide bonds. The fourth-order valence-electron chi connectivity index (χ4n) is 2.37. The van der Waals surface area contributed by atoms with Crippen molar-refractivity contribution >= 4 is 5.91 Å². The first-order valence-corrected chi connectivity index (χ1v) is 7.25. The SMILES string of the molecule is CCC(CC)C(=O)NCC(C)CN1CCOCC1. The molecule has 4 heteroatoms. The number of ether oxygens (including phenoxy) is 1. The lowest BCUT2D eigenvalue weighted by atomic mass is 10.0. The Labute approximate surface area is 111 Å². The molecule has 1 aliphatic heterocycles. The largest absolute Gasteiger partial charge is 0.379 e. The lowest BCUT2D eigenvalue weighted by Gasteiger charge is -2.29. The quantitative estimate of drug-likeness (QED) is 0.750. The monoisotopic (exact) mass is 256 g/mol. The van der Waals surface area contributed by atoms with E-state index in [-0.39, 0.29) is 11.8 Å². The molecule has 0 aromatic carbocycles. The molecule has 0 radical (unpaired) electrons. The Morgan fingerprint density at radius 3 is 2.44 bits per heavy atom. The van der Waals surface area contributed by atoms with Crippen LogP contribution in [0.2, 0.25) is 0 Å². The molecule has 1 atom stereocenters. The predicted molar refractivity (Wildman–Crippen MR) is 73.5 cm³/mol. The van der Waals surface area contributed by atoms with Crippen LogP contribution in [0.25, 0.3) is 0 Å². The van der Waals surface area contributed by atoms with Crippen LogP contribution >= 0.6 is 0 Å². The van der Waals surface area contributed by atoms with Crippen LogP contribution < -0.4 is 5.32 Å². The van der Waals surface area contributed by atoms with Gasteiger partial charge in [-0.2, -0.15) is 0 Å². The van der Waals surface area contributed by atoms with Crippen LogP contribution in [-0.2, 0) is 9.53 Å². The van der Waals surface area contributed by atoms with E-state index in [0.29, 0.717) is 5.92 Å². The Morgan fingerprint density at radius 1 is 1.28 bits per heavy atom. The molecular formula is C14H28N2O2. The Bertz CT molecular complexity index is 236. The summed E-state index contributed by atoms with van der Waals surface area (Å²) in [6.45, 7) is 11.9. The highest BCUT2D eigenvalue weighted by molar-refractivity contribution is 5.78. The van der Waals surface area contributed by atoms with Gasteiger partial charge in [-0.05, 0) is 18.8 Å². The molecule has 106 valence electrons. The topological polar surface area (TPSA) is 41.6 Å². The molecule has 1 unspecified atom stereocenters. The number of hydrogen-bond acceptors (Lipinski definition) is 3. The van der Waals surface area contributed by atoms with Crippen molar-refractivity contribution in [2.24, 2.45) is 11.8 Å². The van der Waals surface area contributed by atoms with E-state index in [0.717, 1.165) is 52.2 Å². The Morgan fingerprint density at radius 2 is 1.89 bits per heavy atom. The predicted octanol–water partition coefficient (Wildman–Crippen LogP) is 1.51. The van der Waals surface area contributed by atoms with E-state index in [1.807, 2.05) is 0 Å². The molecule has 4 nitrogen and oxygen atoms in total. The fraction of sp³-hybridized carbons (Fsp3) is 0.929. The van der Waals surface area contributed by atoms with E-state index in [9.17, 15) is 4.79 Å². The molecular weight excluding hydrogens is 228 g/mol. The van der Waals surface area contributed by atoms with Gasteiger partial charge >= 0.3 is 0 Å². The number of nitrogens with zero attached hydrogens (tertiary/aromatic N) is 1. The minimum atomic E-state index is 0.181. The van der Waals surface area contributed by atoms with Crippen LogP contribution in [0, 0.1) is 11.8 Å². The van der Waals surface area contributed by atoms with Crippen LogP contribution in [0.4, 0.5) is 0 Å². The van der Waals surface area contributed by atoms with E-state index in [1.54, 1.807) is 0 Å². The zero-order valence-corrected chi connectivity index (χ0v) is 12.1. The van der Waals surface area contributed by atoms with Gasteiger partial charge < -0.3 is 10.1 Å². The summed E-state index contributed by atoms with van der Waals surface area (Å²) in [6.07, 6.45) is 1.86. The average molecular weight is 256 g/mol. The van der Waals surface area contributed by atoms with Crippen molar-refractivity contribution in [1.82, 2.24) is 10.2 Å². The minimum absolute atomic E-state index is 0.181. The third kappa shape index (κ3) is 5.36. The van der Waals surface area contributed by atoms with Crippen molar-refractivity contribution in [3.8, 4) is 0 Å². The summed E-state index contributed by atoms with van der Waals surface area (Å²) in [4.78, 5) is 14.3. The number of carbonyl (C=O) groups excluding carboxylic acids is 1. The van der Waals surface area contributed by atoms with Crippen molar-refractivity contribution in [3.63, 3.8) is 0 Å². The summed E-state index contributed by atoms with van der Waals surface area (Å²) in [6, 6.07) is 0. The Hall–Kier alpha value is -0.610. The molecule has 18 heavy (non-hydrogen) atoms. The van der Waals surface area contributed by atoms with E-state index in [2.05, 4.69) is 31.0 Å². The first-order chi connectivity index (χ1) is 8.67. The zero-order valence-electron chi connectivity index (χ0n) is 12.1. The normalized spacial score (nSPS) is 18.9. The zero-order chi connectivity index (χ0) is 13.4. The summed E-state index contributed by atoms with van der Waals surface area (Å²) in [5, 5.41) is 3.08. The van der Waals surface area contributed by atoms with Crippen molar-refractivity contribution in [2.45, 2.75) is 33.6 Å². The standard InChI is InChI=1S/C14H28N2O2/c1-4-13(5-2)14(17)15-10-12(3)11-16-6-8-18-9-7-16/h12-13H,4-11H2,1-3H3,(H,15,17). The van der Waals surface area contributed by atoms with Crippen LogP contribution in [0.5, 0.6) is 0 Å². The molecule has 0 aromatic rings. The number of morpholine rings is 1. The molecule has 0 spiro atoms. The van der Waals surface area contributed by atoms with Crippen LogP contribution in [0.1, 0.15) is 33.6 Å². The number of rotatable bonds is 7. The van der Waals surface area contributed by atoms with Gasteiger partial charge in [0.05, 0.1) is 13.2 Å². The number of nitrogens with one attached hydrogen (secondary N) is 1. The van der Waals surface area contributed by atoms with Crippen molar-refractivity contribution in [1.29, 1.82) is 0 Å². The summed E-state index contributed by atoms with van der Waals surface area (Å²) in [5.41, 5.74) is 0. The maximum Gasteiger partial charge on any atom is 0.223 e. The third-order valence-corrected chi connectivity index (χ3v) is 3.65. The van der Waals surface area contributed by atoms with Gasteiger partial charge in [-0.3, -0.25) is 9.69 Å².